The smallest absolute Gasteiger partial charge is 0.652 e. The summed E-state index contributed by atoms with van der Waals surface area (Å²) in [6.07, 6.45) is -2.33. The number of carboxylic acids is 1. The normalized spacial score (nSPS) is 4.90. The molecule has 0 fully saturated rings. The molecular formula is C3H8CuNO5. The van der Waals surface area contributed by atoms with Crippen LogP contribution in [-0.2, 0) is 21.9 Å². The molecule has 0 saturated carbocycles. The van der Waals surface area contributed by atoms with E-state index < -0.39 is 12.1 Å². The van der Waals surface area contributed by atoms with Crippen LogP contribution < -0.4 is 16.4 Å². The average Bonchev–Trinajstić information content (AvgIpc) is 1.25. The summed E-state index contributed by atoms with van der Waals surface area (Å²) in [6, 6.07) is 0. The number of aliphatic carboxylic acids is 1. The maximum atomic E-state index is 9.00. The molecule has 0 aliphatic carbocycles. The molecule has 0 bridgehead atoms. The van der Waals surface area contributed by atoms with Gasteiger partial charge >= 0.3 is 17.1 Å². The van der Waals surface area contributed by atoms with Crippen molar-refractivity contribution in [2.75, 3.05) is 0 Å². The van der Waals surface area contributed by atoms with Crippen LogP contribution in [0.5, 0.6) is 0 Å². The van der Waals surface area contributed by atoms with E-state index in [1.54, 1.807) is 0 Å². The monoisotopic (exact) mass is 201 g/mol. The van der Waals surface area contributed by atoms with Gasteiger partial charge in [-0.15, -0.1) is 0 Å². The first-order chi connectivity index (χ1) is 3.46. The maximum absolute atomic E-state index is 9.00. The first kappa shape index (κ1) is 22.9. The van der Waals surface area contributed by atoms with E-state index in [0.29, 0.717) is 0 Å². The number of carbonyl (C=O) groups excluding carboxylic acids is 1. The summed E-state index contributed by atoms with van der Waals surface area (Å²) < 4.78 is 0. The van der Waals surface area contributed by atoms with Crippen molar-refractivity contribution in [3.63, 3.8) is 0 Å². The molecular weight excluding hydrogens is 194 g/mol. The molecule has 0 spiro atoms. The first-order valence-electron chi connectivity index (χ1n) is 1.54. The Morgan fingerprint density at radius 2 is 1.30 bits per heavy atom. The minimum absolute atomic E-state index is 0. The Bertz CT molecular complexity index is 74.9. The van der Waals surface area contributed by atoms with Crippen molar-refractivity contribution in [2.24, 2.45) is 0 Å². The van der Waals surface area contributed by atoms with E-state index in [2.05, 4.69) is 0 Å². The molecule has 5 N–H and O–H groups in total. The van der Waals surface area contributed by atoms with E-state index in [4.69, 9.17) is 24.9 Å². The zero-order valence-corrected chi connectivity index (χ0v) is 6.32. The Balaban J connectivity index is -0.0000000300. The molecule has 0 aromatic carbocycles. The third kappa shape index (κ3) is 458. The van der Waals surface area contributed by atoms with E-state index in [0.717, 1.165) is 6.92 Å². The summed E-state index contributed by atoms with van der Waals surface area (Å²) in [5.41, 5.74) is 0. The third-order valence-electron chi connectivity index (χ3n) is 0. The number of quaternary nitrogens is 1. The Morgan fingerprint density at radius 1 is 1.30 bits per heavy atom. The second-order valence-corrected chi connectivity index (χ2v) is 0.769. The van der Waals surface area contributed by atoms with Gasteiger partial charge in [0.25, 0.3) is 5.97 Å². The van der Waals surface area contributed by atoms with Gasteiger partial charge in [-0.25, -0.2) is 0 Å². The fraction of sp³-hybridized carbons (Fsp3) is 0.333. The van der Waals surface area contributed by atoms with Gasteiger partial charge in [0.05, 0.1) is 0 Å². The van der Waals surface area contributed by atoms with Crippen molar-refractivity contribution in [1.82, 2.24) is 6.15 Å². The van der Waals surface area contributed by atoms with Crippen LogP contribution in [0, 0.1) is 0 Å². The summed E-state index contributed by atoms with van der Waals surface area (Å²) in [4.78, 5) is 17.3. The summed E-state index contributed by atoms with van der Waals surface area (Å²) in [5, 5.41) is 24.1. The molecule has 7 heteroatoms. The van der Waals surface area contributed by atoms with Gasteiger partial charge in [0.1, 0.15) is 0 Å². The van der Waals surface area contributed by atoms with Crippen molar-refractivity contribution >= 4 is 12.1 Å². The largest absolute Gasteiger partial charge is 1.00 e. The van der Waals surface area contributed by atoms with E-state index in [1.807, 2.05) is 0 Å². The molecule has 0 aromatic heterocycles. The van der Waals surface area contributed by atoms with Gasteiger partial charge in [0, 0.05) is 6.92 Å². The van der Waals surface area contributed by atoms with Crippen molar-refractivity contribution in [3.05, 3.63) is 0 Å². The zero-order valence-electron chi connectivity index (χ0n) is 5.38. The SMILES string of the molecule is CC(=O)O.O=C([O-])[O-].[Cu+].[NH4+]. The fourth-order valence-electron chi connectivity index (χ4n) is 0. The van der Waals surface area contributed by atoms with Crippen molar-refractivity contribution in [1.29, 1.82) is 0 Å². The number of hydrogen-bond donors (Lipinski definition) is 2. The van der Waals surface area contributed by atoms with Gasteiger partial charge in [-0.2, -0.15) is 0 Å². The number of carboxylic acid groups (broad SMARTS) is 3. The van der Waals surface area contributed by atoms with E-state index >= 15 is 0 Å². The quantitative estimate of drug-likeness (QED) is 0.438. The van der Waals surface area contributed by atoms with Crippen LogP contribution in [0.25, 0.3) is 0 Å². The fourth-order valence-corrected chi connectivity index (χ4v) is 0. The molecule has 0 amide bonds. The summed E-state index contributed by atoms with van der Waals surface area (Å²) >= 11 is 0. The zero-order chi connectivity index (χ0) is 7.15. The molecule has 0 heterocycles. The van der Waals surface area contributed by atoms with Crippen LogP contribution in [0.4, 0.5) is 4.79 Å². The van der Waals surface area contributed by atoms with Gasteiger partial charge in [0.2, 0.25) is 0 Å². The van der Waals surface area contributed by atoms with Crippen LogP contribution in [0.15, 0.2) is 0 Å². The van der Waals surface area contributed by atoms with Gasteiger partial charge < -0.3 is 26.3 Å². The molecule has 0 aliphatic heterocycles. The molecule has 0 saturated heterocycles. The van der Waals surface area contributed by atoms with Crippen LogP contribution in [0.3, 0.4) is 0 Å². The van der Waals surface area contributed by atoms with Gasteiger partial charge in [-0.05, 0) is 6.16 Å². The van der Waals surface area contributed by atoms with Crippen molar-refractivity contribution in [2.45, 2.75) is 6.92 Å². The molecule has 6 nitrogen and oxygen atoms in total. The Hall–Kier alpha value is -0.781. The number of carbonyl (C=O) groups is 2. The van der Waals surface area contributed by atoms with Gasteiger partial charge in [-0.3, -0.25) is 4.79 Å². The van der Waals surface area contributed by atoms with Crippen LogP contribution in [0.2, 0.25) is 0 Å². The minimum Gasteiger partial charge on any atom is -0.652 e. The molecule has 0 aromatic rings. The first-order valence-corrected chi connectivity index (χ1v) is 1.54. The van der Waals surface area contributed by atoms with Crippen molar-refractivity contribution < 1.29 is 42.0 Å². The molecule has 66 valence electrons. The number of rotatable bonds is 0. The average molecular weight is 202 g/mol. The molecule has 0 rings (SSSR count). The van der Waals surface area contributed by atoms with Crippen LogP contribution >= 0.6 is 0 Å². The summed E-state index contributed by atoms with van der Waals surface area (Å²) in [6.45, 7) is 1.08. The molecule has 0 atom stereocenters. The van der Waals surface area contributed by atoms with Crippen LogP contribution in [-0.4, -0.2) is 17.2 Å². The van der Waals surface area contributed by atoms with E-state index in [-0.39, 0.29) is 23.2 Å². The second kappa shape index (κ2) is 15.7. The summed E-state index contributed by atoms with van der Waals surface area (Å²) in [7, 11) is 0. The van der Waals surface area contributed by atoms with Gasteiger partial charge in [-0.1, -0.05) is 0 Å². The van der Waals surface area contributed by atoms with Crippen molar-refractivity contribution in [3.8, 4) is 0 Å². The Kier molecular flexibility index (Phi) is 36.0. The second-order valence-electron chi connectivity index (χ2n) is 0.769. The Morgan fingerprint density at radius 3 is 1.30 bits per heavy atom. The molecule has 0 unspecified atom stereocenters. The standard InChI is InChI=1S/C2H4O2.CH2O3.Cu.H3N/c1-2(3)4;2-1(3)4;;/h1H3,(H,3,4);(H2,2,3,4);;1H3/q;;+1;/p-1. The molecule has 0 aliphatic rings. The topological polar surface area (TPSA) is 137 Å². The predicted octanol–water partition coefficient (Wildman–Crippen LogP) is -1.98. The Labute approximate surface area is 67.9 Å². The minimum atomic E-state index is -2.33. The summed E-state index contributed by atoms with van der Waals surface area (Å²) in [5.74, 6) is -0.833. The van der Waals surface area contributed by atoms with E-state index in [1.165, 1.54) is 0 Å². The van der Waals surface area contributed by atoms with E-state index in [9.17, 15) is 0 Å². The maximum Gasteiger partial charge on any atom is 1.00 e. The molecule has 0 radical (unpaired) electrons. The van der Waals surface area contributed by atoms with Crippen LogP contribution in [0.1, 0.15) is 6.92 Å². The third-order valence-corrected chi connectivity index (χ3v) is 0. The molecule has 10 heavy (non-hydrogen) atoms. The van der Waals surface area contributed by atoms with Gasteiger partial charge in [0.15, 0.2) is 0 Å². The number of hydrogen-bond acceptors (Lipinski definition) is 4. The predicted molar refractivity (Wildman–Crippen MR) is 24.7 cm³/mol.